The van der Waals surface area contributed by atoms with Crippen LogP contribution in [0, 0.1) is 5.41 Å². The number of nitrogens with two attached hydrogens (primary N) is 1. The standard InChI is InChI=1S/C10H18N4OS2/c1-4-7-12-9(17-14-7)16-6-5-10(2,3)8(11)13-15/h15H,4-6H2,1-3H3,(H2,11,13). The number of amidine groups is 1. The lowest BCUT2D eigenvalue weighted by atomic mass is 9.89. The van der Waals surface area contributed by atoms with Crippen LogP contribution in [-0.2, 0) is 6.42 Å². The smallest absolute Gasteiger partial charge is 0.170 e. The number of oxime groups is 1. The van der Waals surface area contributed by atoms with Gasteiger partial charge in [0, 0.05) is 17.6 Å². The normalized spacial score (nSPS) is 13.0. The fourth-order valence-electron chi connectivity index (χ4n) is 1.10. The van der Waals surface area contributed by atoms with E-state index in [1.54, 1.807) is 11.8 Å². The van der Waals surface area contributed by atoms with Crippen LogP contribution < -0.4 is 5.73 Å². The van der Waals surface area contributed by atoms with Gasteiger partial charge in [-0.25, -0.2) is 4.98 Å². The molecule has 0 amide bonds. The Morgan fingerprint density at radius 2 is 2.29 bits per heavy atom. The van der Waals surface area contributed by atoms with Gasteiger partial charge < -0.3 is 10.9 Å². The SMILES string of the molecule is CCc1nsc(SCCC(C)(C)C(N)=NO)n1. The summed E-state index contributed by atoms with van der Waals surface area (Å²) in [6.07, 6.45) is 1.70. The van der Waals surface area contributed by atoms with Gasteiger partial charge in [0.05, 0.1) is 0 Å². The number of rotatable bonds is 6. The molecule has 0 fully saturated rings. The van der Waals surface area contributed by atoms with Gasteiger partial charge >= 0.3 is 0 Å². The van der Waals surface area contributed by atoms with Gasteiger partial charge in [0.15, 0.2) is 4.34 Å². The molecule has 0 unspecified atom stereocenters. The van der Waals surface area contributed by atoms with E-state index in [0.717, 1.165) is 28.8 Å². The van der Waals surface area contributed by atoms with Crippen LogP contribution in [-0.4, -0.2) is 26.2 Å². The monoisotopic (exact) mass is 274 g/mol. The molecule has 0 aromatic carbocycles. The zero-order valence-corrected chi connectivity index (χ0v) is 11.9. The minimum Gasteiger partial charge on any atom is -0.409 e. The Bertz CT molecular complexity index is 389. The van der Waals surface area contributed by atoms with Crippen LogP contribution in [0.15, 0.2) is 9.50 Å². The molecule has 0 saturated carbocycles. The number of aromatic nitrogens is 2. The third-order valence-corrected chi connectivity index (χ3v) is 4.39. The lowest BCUT2D eigenvalue weighted by Gasteiger charge is -2.21. The van der Waals surface area contributed by atoms with Crippen LogP contribution in [0.5, 0.6) is 0 Å². The first-order valence-electron chi connectivity index (χ1n) is 5.43. The van der Waals surface area contributed by atoms with Crippen LogP contribution in [0.1, 0.15) is 33.0 Å². The van der Waals surface area contributed by atoms with E-state index >= 15 is 0 Å². The zero-order chi connectivity index (χ0) is 12.9. The molecule has 96 valence electrons. The molecule has 0 atom stereocenters. The van der Waals surface area contributed by atoms with Gasteiger partial charge in [-0.2, -0.15) is 4.37 Å². The molecular formula is C10H18N4OS2. The van der Waals surface area contributed by atoms with Gasteiger partial charge in [0.1, 0.15) is 11.7 Å². The largest absolute Gasteiger partial charge is 0.409 e. The molecule has 0 spiro atoms. The Labute approximate surface area is 110 Å². The van der Waals surface area contributed by atoms with Crippen LogP contribution in [0.2, 0.25) is 0 Å². The van der Waals surface area contributed by atoms with Crippen LogP contribution in [0.3, 0.4) is 0 Å². The molecule has 0 aliphatic carbocycles. The molecule has 3 N–H and O–H groups in total. The fraction of sp³-hybridized carbons (Fsp3) is 0.700. The summed E-state index contributed by atoms with van der Waals surface area (Å²) < 4.78 is 5.21. The number of thioether (sulfide) groups is 1. The average molecular weight is 274 g/mol. The van der Waals surface area contributed by atoms with Crippen molar-refractivity contribution >= 4 is 29.1 Å². The van der Waals surface area contributed by atoms with Crippen molar-refractivity contribution in [3.63, 3.8) is 0 Å². The van der Waals surface area contributed by atoms with E-state index in [9.17, 15) is 0 Å². The molecule has 0 aliphatic rings. The first-order valence-corrected chi connectivity index (χ1v) is 7.19. The van der Waals surface area contributed by atoms with E-state index in [-0.39, 0.29) is 11.3 Å². The van der Waals surface area contributed by atoms with Gasteiger partial charge in [-0.1, -0.05) is 37.7 Å². The molecule has 7 heteroatoms. The van der Waals surface area contributed by atoms with E-state index in [0.29, 0.717) is 0 Å². The Kier molecular flexibility index (Phi) is 5.20. The van der Waals surface area contributed by atoms with Gasteiger partial charge in [0.2, 0.25) is 0 Å². The highest BCUT2D eigenvalue weighted by Gasteiger charge is 2.23. The van der Waals surface area contributed by atoms with Gasteiger partial charge in [-0.3, -0.25) is 0 Å². The van der Waals surface area contributed by atoms with Crippen LogP contribution in [0.4, 0.5) is 0 Å². The van der Waals surface area contributed by atoms with E-state index in [1.165, 1.54) is 11.5 Å². The van der Waals surface area contributed by atoms with E-state index < -0.39 is 0 Å². The minimum atomic E-state index is -0.292. The Morgan fingerprint density at radius 1 is 1.59 bits per heavy atom. The van der Waals surface area contributed by atoms with Crippen molar-refractivity contribution in [3.8, 4) is 0 Å². The minimum absolute atomic E-state index is 0.268. The molecule has 1 aromatic heterocycles. The van der Waals surface area contributed by atoms with E-state index in [2.05, 4.69) is 14.5 Å². The summed E-state index contributed by atoms with van der Waals surface area (Å²) in [5.41, 5.74) is 5.33. The van der Waals surface area contributed by atoms with Crippen molar-refractivity contribution in [1.29, 1.82) is 0 Å². The first-order chi connectivity index (χ1) is 7.99. The van der Waals surface area contributed by atoms with Gasteiger partial charge in [0.25, 0.3) is 0 Å². The zero-order valence-electron chi connectivity index (χ0n) is 10.3. The van der Waals surface area contributed by atoms with Gasteiger partial charge in [-0.05, 0) is 18.0 Å². The van der Waals surface area contributed by atoms with Crippen molar-refractivity contribution < 1.29 is 5.21 Å². The van der Waals surface area contributed by atoms with Crippen LogP contribution >= 0.6 is 23.3 Å². The molecule has 1 aromatic rings. The van der Waals surface area contributed by atoms with Gasteiger partial charge in [-0.15, -0.1) is 0 Å². The summed E-state index contributed by atoms with van der Waals surface area (Å²) in [4.78, 5) is 4.37. The van der Waals surface area contributed by atoms with E-state index in [1.807, 2.05) is 20.8 Å². The number of hydrogen-bond donors (Lipinski definition) is 2. The summed E-state index contributed by atoms with van der Waals surface area (Å²) >= 11 is 3.09. The Morgan fingerprint density at radius 3 is 2.82 bits per heavy atom. The third-order valence-electron chi connectivity index (χ3n) is 2.52. The molecule has 1 heterocycles. The van der Waals surface area contributed by atoms with E-state index in [4.69, 9.17) is 10.9 Å². The number of nitrogens with zero attached hydrogens (tertiary/aromatic N) is 3. The number of hydrogen-bond acceptors (Lipinski definition) is 6. The summed E-state index contributed by atoms with van der Waals surface area (Å²) in [7, 11) is 0. The molecule has 0 bridgehead atoms. The fourth-order valence-corrected chi connectivity index (χ4v) is 3.13. The second kappa shape index (κ2) is 6.20. The molecule has 5 nitrogen and oxygen atoms in total. The molecule has 17 heavy (non-hydrogen) atoms. The third kappa shape index (κ3) is 4.16. The Balaban J connectivity index is 2.42. The predicted octanol–water partition coefficient (Wildman–Crippen LogP) is 2.36. The molecule has 0 radical (unpaired) electrons. The second-order valence-corrected chi connectivity index (χ2v) is 6.39. The predicted molar refractivity (Wildman–Crippen MR) is 71.8 cm³/mol. The summed E-state index contributed by atoms with van der Waals surface area (Å²) in [5.74, 6) is 2.04. The molecule has 0 aliphatic heterocycles. The highest BCUT2D eigenvalue weighted by Crippen LogP contribution is 2.27. The molecule has 1 rings (SSSR count). The van der Waals surface area contributed by atoms with Crippen molar-refractivity contribution in [2.24, 2.45) is 16.3 Å². The Hall–Kier alpha value is -0.820. The van der Waals surface area contributed by atoms with Crippen molar-refractivity contribution in [3.05, 3.63) is 5.82 Å². The van der Waals surface area contributed by atoms with Crippen molar-refractivity contribution in [2.45, 2.75) is 38.0 Å². The summed E-state index contributed by atoms with van der Waals surface area (Å²) in [6, 6.07) is 0. The quantitative estimate of drug-likeness (QED) is 0.273. The van der Waals surface area contributed by atoms with Crippen molar-refractivity contribution in [2.75, 3.05) is 5.75 Å². The lowest BCUT2D eigenvalue weighted by Crippen LogP contribution is -2.32. The summed E-state index contributed by atoms with van der Waals surface area (Å²) in [5, 5.41) is 11.7. The average Bonchev–Trinajstić information content (AvgIpc) is 2.75. The summed E-state index contributed by atoms with van der Waals surface area (Å²) in [6.45, 7) is 5.96. The maximum absolute atomic E-state index is 8.66. The van der Waals surface area contributed by atoms with Crippen molar-refractivity contribution in [1.82, 2.24) is 9.36 Å². The highest BCUT2D eigenvalue weighted by molar-refractivity contribution is 8.00. The second-order valence-electron chi connectivity index (χ2n) is 4.30. The first kappa shape index (κ1) is 14.2. The lowest BCUT2D eigenvalue weighted by molar-refractivity contribution is 0.307. The maximum Gasteiger partial charge on any atom is 0.170 e. The molecular weight excluding hydrogens is 256 g/mol. The highest BCUT2D eigenvalue weighted by atomic mass is 32.2. The number of aryl methyl sites for hydroxylation is 1. The van der Waals surface area contributed by atoms with Crippen LogP contribution in [0.25, 0.3) is 0 Å². The topological polar surface area (TPSA) is 84.4 Å². The molecule has 0 saturated heterocycles. The maximum atomic E-state index is 8.66.